The van der Waals surface area contributed by atoms with E-state index in [1.54, 1.807) is 0 Å². The first kappa shape index (κ1) is 23.9. The fourth-order valence-corrected chi connectivity index (χ4v) is 5.45. The molecule has 3 aromatic carbocycles. The van der Waals surface area contributed by atoms with Crippen molar-refractivity contribution in [3.63, 3.8) is 0 Å². The Hall–Kier alpha value is -3.80. The van der Waals surface area contributed by atoms with Crippen LogP contribution in [0.2, 0.25) is 0 Å². The number of nitrogens with zero attached hydrogens (tertiary/aromatic N) is 1. The zero-order valence-electron chi connectivity index (χ0n) is 20.8. The molecule has 1 N–H and O–H groups in total. The smallest absolute Gasteiger partial charge is 0.254 e. The summed E-state index contributed by atoms with van der Waals surface area (Å²) in [5.41, 5.74) is 4.77. The molecule has 2 aliphatic heterocycles. The van der Waals surface area contributed by atoms with Gasteiger partial charge in [-0.2, -0.15) is 0 Å². The molecule has 36 heavy (non-hydrogen) atoms. The van der Waals surface area contributed by atoms with E-state index in [0.29, 0.717) is 38.3 Å². The van der Waals surface area contributed by atoms with E-state index in [1.807, 2.05) is 73.3 Å². The zero-order valence-corrected chi connectivity index (χ0v) is 20.8. The van der Waals surface area contributed by atoms with E-state index in [1.165, 1.54) is 5.56 Å². The Morgan fingerprint density at radius 1 is 0.944 bits per heavy atom. The van der Waals surface area contributed by atoms with Gasteiger partial charge in [0.1, 0.15) is 0 Å². The predicted molar refractivity (Wildman–Crippen MR) is 139 cm³/mol. The van der Waals surface area contributed by atoms with Crippen LogP contribution in [0.5, 0.6) is 11.5 Å². The second-order valence-electron chi connectivity index (χ2n) is 9.15. The highest BCUT2D eigenvalue weighted by Crippen LogP contribution is 2.45. The van der Waals surface area contributed by atoms with E-state index < -0.39 is 5.92 Å². The van der Waals surface area contributed by atoms with Crippen molar-refractivity contribution in [1.29, 1.82) is 0 Å². The van der Waals surface area contributed by atoms with Gasteiger partial charge in [0.25, 0.3) is 5.91 Å². The lowest BCUT2D eigenvalue weighted by Crippen LogP contribution is -2.50. The molecule has 2 heterocycles. The van der Waals surface area contributed by atoms with Gasteiger partial charge < -0.3 is 19.7 Å². The lowest BCUT2D eigenvalue weighted by Gasteiger charge is -2.45. The van der Waals surface area contributed by atoms with E-state index in [-0.39, 0.29) is 17.9 Å². The third-order valence-corrected chi connectivity index (χ3v) is 7.04. The number of benzene rings is 3. The van der Waals surface area contributed by atoms with Gasteiger partial charge in [0.05, 0.1) is 25.2 Å². The molecule has 5 rings (SSSR count). The predicted octanol–water partition coefficient (Wildman–Crippen LogP) is 4.68. The zero-order chi connectivity index (χ0) is 25.1. The molecule has 2 atom stereocenters. The van der Waals surface area contributed by atoms with Crippen molar-refractivity contribution in [3.05, 3.63) is 94.5 Å². The Kier molecular flexibility index (Phi) is 6.94. The first-order chi connectivity index (χ1) is 17.6. The van der Waals surface area contributed by atoms with Crippen LogP contribution in [0, 0.1) is 0 Å². The first-order valence-electron chi connectivity index (χ1n) is 12.8. The average Bonchev–Trinajstić information content (AvgIpc) is 2.90. The van der Waals surface area contributed by atoms with Crippen molar-refractivity contribution in [2.75, 3.05) is 26.3 Å². The maximum absolute atomic E-state index is 13.7. The van der Waals surface area contributed by atoms with Crippen molar-refractivity contribution < 1.29 is 19.1 Å². The molecule has 0 fully saturated rings. The Labute approximate surface area is 212 Å². The van der Waals surface area contributed by atoms with Gasteiger partial charge in [0, 0.05) is 18.7 Å². The molecule has 0 unspecified atom stereocenters. The van der Waals surface area contributed by atoms with Crippen LogP contribution in [-0.4, -0.2) is 43.0 Å². The third-order valence-electron chi connectivity index (χ3n) is 7.04. The van der Waals surface area contributed by atoms with Crippen LogP contribution in [0.1, 0.15) is 58.4 Å². The summed E-state index contributed by atoms with van der Waals surface area (Å²) in [6.07, 6.45) is 1.46. The molecule has 0 bridgehead atoms. The van der Waals surface area contributed by atoms with Gasteiger partial charge in [-0.1, -0.05) is 48.5 Å². The molecule has 2 aliphatic rings. The number of carbonyl (C=O) groups excluding carboxylic acids is 2. The van der Waals surface area contributed by atoms with Crippen molar-refractivity contribution in [2.45, 2.75) is 38.6 Å². The van der Waals surface area contributed by atoms with Crippen LogP contribution in [0.15, 0.2) is 66.7 Å². The van der Waals surface area contributed by atoms with Crippen molar-refractivity contribution in [1.82, 2.24) is 10.2 Å². The van der Waals surface area contributed by atoms with Crippen LogP contribution < -0.4 is 14.8 Å². The van der Waals surface area contributed by atoms with Crippen LogP contribution >= 0.6 is 0 Å². The number of nitrogens with one attached hydrogen (secondary N) is 1. The quantitative estimate of drug-likeness (QED) is 0.504. The van der Waals surface area contributed by atoms with Gasteiger partial charge in [-0.15, -0.1) is 0 Å². The number of hydrogen-bond donors (Lipinski definition) is 1. The standard InChI is InChI=1S/C30H32N2O4/c1-3-35-25-14-13-20(19-26(25)36-4-2)15-17-31-29(33)27-23-11-7-8-12-24(23)30(34)32-18-16-21-9-5-6-10-22(21)28(27)32/h5-14,19,27-28H,3-4,15-18H2,1-2H3,(H,31,33)/t27-,28-/m0/s1. The molecule has 6 nitrogen and oxygen atoms in total. The molecular formula is C30H32N2O4. The van der Waals surface area contributed by atoms with E-state index in [2.05, 4.69) is 17.4 Å². The lowest BCUT2D eigenvalue weighted by molar-refractivity contribution is -0.124. The summed E-state index contributed by atoms with van der Waals surface area (Å²) in [7, 11) is 0. The largest absolute Gasteiger partial charge is 0.490 e. The Balaban J connectivity index is 1.38. The fraction of sp³-hybridized carbons (Fsp3) is 0.333. The number of ether oxygens (including phenoxy) is 2. The number of hydrogen-bond acceptors (Lipinski definition) is 4. The molecule has 0 radical (unpaired) electrons. The Bertz CT molecular complexity index is 1270. The number of amides is 2. The van der Waals surface area contributed by atoms with Gasteiger partial charge in [0.2, 0.25) is 5.91 Å². The van der Waals surface area contributed by atoms with Crippen LogP contribution in [0.25, 0.3) is 0 Å². The summed E-state index contributed by atoms with van der Waals surface area (Å²) < 4.78 is 11.4. The second-order valence-corrected chi connectivity index (χ2v) is 9.15. The molecule has 0 aliphatic carbocycles. The molecule has 0 saturated heterocycles. The minimum atomic E-state index is -0.459. The summed E-state index contributed by atoms with van der Waals surface area (Å²) in [6, 6.07) is 21.3. The van der Waals surface area contributed by atoms with Crippen LogP contribution in [0.3, 0.4) is 0 Å². The molecule has 186 valence electrons. The SMILES string of the molecule is CCOc1ccc(CCNC(=O)[C@H]2c3ccccc3C(=O)N3CCc4ccccc4[C@@H]23)cc1OCC. The summed E-state index contributed by atoms with van der Waals surface area (Å²) >= 11 is 0. The van der Waals surface area contributed by atoms with Crippen molar-refractivity contribution in [2.24, 2.45) is 0 Å². The first-order valence-corrected chi connectivity index (χ1v) is 12.8. The topological polar surface area (TPSA) is 67.9 Å². The molecule has 2 amide bonds. The van der Waals surface area contributed by atoms with Gasteiger partial charge in [-0.3, -0.25) is 9.59 Å². The third kappa shape index (κ3) is 4.43. The highest BCUT2D eigenvalue weighted by atomic mass is 16.5. The summed E-state index contributed by atoms with van der Waals surface area (Å²) in [6.45, 7) is 6.12. The molecular weight excluding hydrogens is 452 g/mol. The maximum Gasteiger partial charge on any atom is 0.254 e. The van der Waals surface area contributed by atoms with Gasteiger partial charge in [-0.05, 0) is 67.1 Å². The van der Waals surface area contributed by atoms with E-state index >= 15 is 0 Å². The number of rotatable bonds is 8. The highest BCUT2D eigenvalue weighted by Gasteiger charge is 2.45. The minimum absolute atomic E-state index is 0.00648. The molecule has 0 spiro atoms. The van der Waals surface area contributed by atoms with Gasteiger partial charge in [-0.25, -0.2) is 0 Å². The van der Waals surface area contributed by atoms with Gasteiger partial charge in [0.15, 0.2) is 11.5 Å². The highest BCUT2D eigenvalue weighted by molar-refractivity contribution is 6.01. The summed E-state index contributed by atoms with van der Waals surface area (Å²) in [5.74, 6) is 0.938. The molecule has 0 aromatic heterocycles. The molecule has 6 heteroatoms. The lowest BCUT2D eigenvalue weighted by atomic mass is 9.76. The van der Waals surface area contributed by atoms with Gasteiger partial charge >= 0.3 is 0 Å². The molecule has 0 saturated carbocycles. The van der Waals surface area contributed by atoms with Crippen LogP contribution in [0.4, 0.5) is 0 Å². The number of fused-ring (bicyclic) bond motifs is 4. The summed E-state index contributed by atoms with van der Waals surface area (Å²) in [5, 5.41) is 3.16. The van der Waals surface area contributed by atoms with Crippen molar-refractivity contribution >= 4 is 11.8 Å². The average molecular weight is 485 g/mol. The fourth-order valence-electron chi connectivity index (χ4n) is 5.45. The van der Waals surface area contributed by atoms with E-state index in [0.717, 1.165) is 34.6 Å². The summed E-state index contributed by atoms with van der Waals surface area (Å²) in [4.78, 5) is 29.0. The van der Waals surface area contributed by atoms with E-state index in [9.17, 15) is 9.59 Å². The monoisotopic (exact) mass is 484 g/mol. The second kappa shape index (κ2) is 10.4. The van der Waals surface area contributed by atoms with E-state index in [4.69, 9.17) is 9.47 Å². The Morgan fingerprint density at radius 2 is 1.67 bits per heavy atom. The van der Waals surface area contributed by atoms with Crippen LogP contribution in [-0.2, 0) is 17.6 Å². The Morgan fingerprint density at radius 3 is 2.47 bits per heavy atom. The number of carbonyl (C=O) groups is 2. The normalized spacial score (nSPS) is 18.1. The molecule has 3 aromatic rings. The minimum Gasteiger partial charge on any atom is -0.490 e. The van der Waals surface area contributed by atoms with Crippen molar-refractivity contribution in [3.8, 4) is 11.5 Å². The maximum atomic E-state index is 13.7.